The molecule has 2 aromatic rings. The van der Waals surface area contributed by atoms with Crippen molar-refractivity contribution in [2.45, 2.75) is 175 Å². The van der Waals surface area contributed by atoms with Gasteiger partial charge >= 0.3 is 12.1 Å². The average molecular weight is 1210 g/mol. The Bertz CT molecular complexity index is 2540. The number of likely N-dealkylation sites (N-methyl/N-ethyl adjacent to an activating group) is 2. The molecule has 1 aliphatic rings. The number of oxime groups is 1. The Morgan fingerprint density at radius 2 is 1.41 bits per heavy atom. The fraction of sp³-hybridized carbons (Fsp3) is 0.639. The molecule has 0 aromatic heterocycles. The van der Waals surface area contributed by atoms with E-state index in [1.54, 1.807) is 96.7 Å². The summed E-state index contributed by atoms with van der Waals surface area (Å²) in [5.41, 5.74) is 13.5. The number of likely N-dealkylation sites (tertiary alicyclic amines) is 1. The molecule has 0 unspecified atom stereocenters. The number of ether oxygens (including phenoxy) is 3. The normalized spacial score (nSPS) is 17.0. The third kappa shape index (κ3) is 21.5. The maximum absolute atomic E-state index is 14.8. The van der Waals surface area contributed by atoms with Crippen LogP contribution < -0.4 is 43.4 Å². The van der Waals surface area contributed by atoms with Crippen molar-refractivity contribution in [2.75, 3.05) is 53.3 Å². The van der Waals surface area contributed by atoms with Crippen LogP contribution in [-0.2, 0) is 59.2 Å². The molecule has 1 saturated heterocycles. The van der Waals surface area contributed by atoms with Crippen molar-refractivity contribution >= 4 is 65.9 Å². The largest absolute Gasteiger partial charge is 0.445 e. The minimum Gasteiger partial charge on any atom is -0.445 e. The molecule has 0 bridgehead atoms. The van der Waals surface area contributed by atoms with Crippen LogP contribution in [0.15, 0.2) is 59.8 Å². The van der Waals surface area contributed by atoms with Gasteiger partial charge in [-0.1, -0.05) is 111 Å². The zero-order valence-corrected chi connectivity index (χ0v) is 52.9. The van der Waals surface area contributed by atoms with Crippen molar-refractivity contribution < 1.29 is 62.2 Å². The third-order valence-electron chi connectivity index (χ3n) is 15.9. The molecule has 1 aliphatic heterocycles. The Morgan fingerprint density at radius 3 is 1.97 bits per heavy atom. The summed E-state index contributed by atoms with van der Waals surface area (Å²) < 4.78 is 17.8. The number of anilines is 1. The summed E-state index contributed by atoms with van der Waals surface area (Å²) in [6.45, 7) is 21.2. The molecule has 1 heterocycles. The predicted octanol–water partition coefficient (Wildman–Crippen LogP) is 4.19. The van der Waals surface area contributed by atoms with Crippen LogP contribution in [0.3, 0.4) is 0 Å². The zero-order chi connectivity index (χ0) is 64.5. The molecule has 2 aromatic carbocycles. The second kappa shape index (κ2) is 35.9. The van der Waals surface area contributed by atoms with E-state index in [0.717, 1.165) is 5.56 Å². The van der Waals surface area contributed by atoms with Crippen molar-refractivity contribution in [1.29, 1.82) is 0 Å². The van der Waals surface area contributed by atoms with Gasteiger partial charge in [-0.25, -0.2) is 9.59 Å². The number of carbonyl (C=O) groups is 9. The molecular formula is C61H98N12O13. The first-order valence-electron chi connectivity index (χ1n) is 29.7. The summed E-state index contributed by atoms with van der Waals surface area (Å²) in [7, 11) is 6.13. The van der Waals surface area contributed by atoms with Crippen LogP contribution in [0.5, 0.6) is 0 Å². The van der Waals surface area contributed by atoms with E-state index in [1.165, 1.54) is 19.1 Å². The number of urea groups is 1. The highest BCUT2D eigenvalue weighted by atomic mass is 16.6. The second-order valence-electron chi connectivity index (χ2n) is 23.3. The van der Waals surface area contributed by atoms with E-state index >= 15 is 0 Å². The van der Waals surface area contributed by atoms with Crippen molar-refractivity contribution in [3.8, 4) is 0 Å². The first-order valence-corrected chi connectivity index (χ1v) is 29.7. The summed E-state index contributed by atoms with van der Waals surface area (Å²) in [6, 6.07) is 9.08. The van der Waals surface area contributed by atoms with Gasteiger partial charge in [0.15, 0.2) is 6.61 Å². The summed E-state index contributed by atoms with van der Waals surface area (Å²) in [5, 5.41) is 19.7. The fourth-order valence-corrected chi connectivity index (χ4v) is 10.8. The molecule has 0 aliphatic carbocycles. The van der Waals surface area contributed by atoms with Crippen LogP contribution in [0.1, 0.15) is 125 Å². The lowest BCUT2D eigenvalue weighted by Gasteiger charge is -2.41. The maximum Gasteiger partial charge on any atom is 0.410 e. The highest BCUT2D eigenvalue weighted by molar-refractivity contribution is 5.98. The highest BCUT2D eigenvalue weighted by Crippen LogP contribution is 2.30. The molecule has 480 valence electrons. The number of carbonyl (C=O) groups excluding carboxylic acids is 9. The van der Waals surface area contributed by atoms with E-state index in [4.69, 9.17) is 25.7 Å². The Hall–Kier alpha value is -7.38. The van der Waals surface area contributed by atoms with E-state index in [0.29, 0.717) is 37.1 Å². The van der Waals surface area contributed by atoms with Gasteiger partial charge in [0, 0.05) is 65.9 Å². The maximum atomic E-state index is 14.8. The van der Waals surface area contributed by atoms with E-state index in [2.05, 4.69) is 48.6 Å². The van der Waals surface area contributed by atoms with Gasteiger partial charge in [-0.05, 0) is 79.5 Å². The van der Waals surface area contributed by atoms with E-state index in [9.17, 15) is 43.2 Å². The number of nitrogens with two attached hydrogens (primary N) is 2. The molecule has 12 atom stereocenters. The Balaban J connectivity index is 1.71. The molecule has 10 N–H and O–H groups in total. The molecule has 0 saturated carbocycles. The number of hydrogen-bond acceptors (Lipinski definition) is 15. The number of nitrogens with zero attached hydrogens (tertiary/aromatic N) is 4. The fourth-order valence-electron chi connectivity index (χ4n) is 10.8. The first-order chi connectivity index (χ1) is 40.6. The van der Waals surface area contributed by atoms with Crippen molar-refractivity contribution in [3.63, 3.8) is 0 Å². The van der Waals surface area contributed by atoms with Crippen LogP contribution in [0.25, 0.3) is 0 Å². The summed E-state index contributed by atoms with van der Waals surface area (Å²) in [6.07, 6.45) is 0.0471. The summed E-state index contributed by atoms with van der Waals surface area (Å²) >= 11 is 0. The van der Waals surface area contributed by atoms with Gasteiger partial charge in [0.05, 0.1) is 36.6 Å². The predicted molar refractivity (Wildman–Crippen MR) is 327 cm³/mol. The highest BCUT2D eigenvalue weighted by Gasteiger charge is 2.44. The van der Waals surface area contributed by atoms with Gasteiger partial charge in [0.25, 0.3) is 5.91 Å². The van der Waals surface area contributed by atoms with Gasteiger partial charge in [-0.15, -0.1) is 5.16 Å². The van der Waals surface area contributed by atoms with Gasteiger partial charge < -0.3 is 72.2 Å². The molecule has 0 spiro atoms. The topological polar surface area (TPSA) is 337 Å². The lowest BCUT2D eigenvalue weighted by Crippen LogP contribution is -2.60. The van der Waals surface area contributed by atoms with E-state index in [1.807, 2.05) is 51.1 Å². The monoisotopic (exact) mass is 1210 g/mol. The van der Waals surface area contributed by atoms with Gasteiger partial charge in [0.1, 0.15) is 30.8 Å². The molecule has 0 radical (unpaired) electrons. The SMILES string of the molecule is C=NOCC(=O)N[C@H](C(=O)N[C@@H](CCCNC(N)=O)C(=O)Nc1ccc(COC(=O)N(C)[C@H](C(=O)N[C@H](C(=O)N(C)[C@@H]([C@@H](C)CC)[C@@H](CC(=O)N2CCC[C@H]2[C@H](OC)[C@@H](C)C(=O)N[C@H](C)[C@@H](N)c2ccccc2)OC)C(C)C)C(C)C)cc1)C(C)C. The molecule has 1 fully saturated rings. The van der Waals surface area contributed by atoms with Crippen molar-refractivity contribution in [1.82, 2.24) is 41.3 Å². The summed E-state index contributed by atoms with van der Waals surface area (Å²) in [4.78, 5) is 131. The minimum absolute atomic E-state index is 0.0704. The van der Waals surface area contributed by atoms with Crippen LogP contribution in [0.2, 0.25) is 0 Å². The van der Waals surface area contributed by atoms with Gasteiger partial charge in [-0.3, -0.25) is 38.5 Å². The average Bonchev–Trinajstić information content (AvgIpc) is 2.88. The minimum atomic E-state index is -1.10. The zero-order valence-electron chi connectivity index (χ0n) is 52.9. The standard InChI is InChI=1S/C61H98N12O13/c1-16-38(8)53(46(83-14)32-48(75)73-31-21-25-45(73)54(84-15)39(9)55(76)66-40(10)49(62)42-22-18-17-19-23-42)71(12)59(80)51(36(4)5)70-58(79)52(37(6)7)72(13)61(82)85-33-41-26-28-43(29-27-41)67-56(77)44(24-20-30-65-60(63)81)68-57(78)50(35(2)3)69-47(74)34-86-64-11/h17-19,22-23,26-29,35-40,44-46,49-54H,11,16,20-21,24-25,30-34,62H2,1-10,12-15H3,(H,66,76)(H,67,77)(H,68,78)(H,69,74)(H,70,79)(H3,63,65,81)/t38-,39+,40+,44-,45-,46+,49+,50-,51-,52-,53-,54+/m0/s1. The number of benzene rings is 2. The number of rotatable bonds is 35. The lowest BCUT2D eigenvalue weighted by atomic mass is 9.89. The van der Waals surface area contributed by atoms with E-state index < -0.39 is 121 Å². The second-order valence-corrected chi connectivity index (χ2v) is 23.3. The number of methoxy groups -OCH3 is 2. The van der Waals surface area contributed by atoms with Gasteiger partial charge in [0.2, 0.25) is 35.4 Å². The number of nitrogens with one attached hydrogen (secondary N) is 6. The smallest absolute Gasteiger partial charge is 0.410 e. The quantitative estimate of drug-likeness (QED) is 0.0273. The molecule has 3 rings (SSSR count). The van der Waals surface area contributed by atoms with Crippen molar-refractivity contribution in [2.24, 2.45) is 46.2 Å². The molecule has 25 heteroatoms. The van der Waals surface area contributed by atoms with Crippen LogP contribution >= 0.6 is 0 Å². The Labute approximate surface area is 507 Å². The Kier molecular flexibility index (Phi) is 30.4. The van der Waals surface area contributed by atoms with Gasteiger partial charge in [-0.2, -0.15) is 0 Å². The number of amides is 10. The first kappa shape index (κ1) is 72.9. The number of primary amides is 1. The number of hydrogen-bond donors (Lipinski definition) is 8. The lowest BCUT2D eigenvalue weighted by molar-refractivity contribution is -0.148. The van der Waals surface area contributed by atoms with Crippen molar-refractivity contribution in [3.05, 3.63) is 65.7 Å². The van der Waals surface area contributed by atoms with Crippen LogP contribution in [0, 0.1) is 29.6 Å². The Morgan fingerprint density at radius 1 is 0.767 bits per heavy atom. The molecule has 10 amide bonds. The molecular weight excluding hydrogens is 1110 g/mol. The van der Waals surface area contributed by atoms with Crippen LogP contribution in [-0.4, -0.2) is 177 Å². The summed E-state index contributed by atoms with van der Waals surface area (Å²) in [5.74, 6) is -5.29. The molecule has 86 heavy (non-hydrogen) atoms. The van der Waals surface area contributed by atoms with Crippen LogP contribution in [0.4, 0.5) is 15.3 Å². The third-order valence-corrected chi connectivity index (χ3v) is 15.9. The van der Waals surface area contributed by atoms with E-state index in [-0.39, 0.29) is 62.1 Å². The molecule has 25 nitrogen and oxygen atoms in total.